The first-order chi connectivity index (χ1) is 13.3. The molecule has 0 aliphatic carbocycles. The van der Waals surface area contributed by atoms with Crippen LogP contribution in [-0.2, 0) is 14.6 Å². The van der Waals surface area contributed by atoms with Gasteiger partial charge in [0.15, 0.2) is 21.3 Å². The van der Waals surface area contributed by atoms with Crippen molar-refractivity contribution in [1.29, 1.82) is 0 Å². The molecule has 11 heteroatoms. The van der Waals surface area contributed by atoms with Crippen molar-refractivity contribution in [2.45, 2.75) is 17.7 Å². The predicted octanol–water partition coefficient (Wildman–Crippen LogP) is 1.49. The van der Waals surface area contributed by atoms with Crippen LogP contribution in [0.1, 0.15) is 6.42 Å². The molecule has 1 aromatic heterocycles. The Morgan fingerprint density at radius 3 is 2.68 bits per heavy atom. The number of carbonyl (C=O) groups is 1. The van der Waals surface area contributed by atoms with E-state index in [0.717, 1.165) is 11.8 Å². The summed E-state index contributed by atoms with van der Waals surface area (Å²) >= 11 is 1.11. The van der Waals surface area contributed by atoms with E-state index in [0.29, 0.717) is 29.4 Å². The molecule has 0 radical (unpaired) electrons. The van der Waals surface area contributed by atoms with Crippen molar-refractivity contribution in [3.63, 3.8) is 0 Å². The standard InChI is InChI=1S/C17H21N3O6S2/c1-20(12-6-7-28(22,23)10-12)15(21)9-27-17-19-18-16(26-17)11-4-5-13(24-2)14(8-11)25-3/h4-5,8,12H,6-7,9-10H2,1-3H3. The summed E-state index contributed by atoms with van der Waals surface area (Å²) in [4.78, 5) is 13.8. The third-order valence-corrected chi connectivity index (χ3v) is 7.06. The van der Waals surface area contributed by atoms with Gasteiger partial charge in [-0.25, -0.2) is 8.42 Å². The highest BCUT2D eigenvalue weighted by atomic mass is 32.2. The van der Waals surface area contributed by atoms with E-state index in [9.17, 15) is 13.2 Å². The molecule has 2 heterocycles. The van der Waals surface area contributed by atoms with Gasteiger partial charge in [-0.05, 0) is 24.6 Å². The van der Waals surface area contributed by atoms with Crippen LogP contribution in [0.4, 0.5) is 0 Å². The Balaban J connectivity index is 1.61. The zero-order valence-corrected chi connectivity index (χ0v) is 17.4. The van der Waals surface area contributed by atoms with Gasteiger partial charge in [-0.1, -0.05) is 11.8 Å². The molecule has 1 aromatic carbocycles. The maximum absolute atomic E-state index is 12.3. The van der Waals surface area contributed by atoms with Crippen molar-refractivity contribution in [3.05, 3.63) is 18.2 Å². The summed E-state index contributed by atoms with van der Waals surface area (Å²) in [6.45, 7) is 0. The predicted molar refractivity (Wildman–Crippen MR) is 103 cm³/mol. The lowest BCUT2D eigenvalue weighted by molar-refractivity contribution is -0.128. The van der Waals surface area contributed by atoms with Gasteiger partial charge in [-0.3, -0.25) is 4.79 Å². The molecule has 1 aliphatic rings. The maximum atomic E-state index is 12.3. The van der Waals surface area contributed by atoms with Crippen molar-refractivity contribution in [2.75, 3.05) is 38.5 Å². The number of sulfone groups is 1. The molecular formula is C17H21N3O6S2. The van der Waals surface area contributed by atoms with Crippen LogP contribution in [0.3, 0.4) is 0 Å². The number of carbonyl (C=O) groups excluding carboxylic acids is 1. The number of rotatable bonds is 7. The third-order valence-electron chi connectivity index (χ3n) is 4.51. The molecule has 0 spiro atoms. The summed E-state index contributed by atoms with van der Waals surface area (Å²) in [6.07, 6.45) is 0.471. The van der Waals surface area contributed by atoms with Crippen LogP contribution in [-0.4, -0.2) is 74.0 Å². The van der Waals surface area contributed by atoms with Crippen LogP contribution in [0.5, 0.6) is 11.5 Å². The summed E-state index contributed by atoms with van der Waals surface area (Å²) in [5.41, 5.74) is 0.664. The second-order valence-corrected chi connectivity index (χ2v) is 9.45. The van der Waals surface area contributed by atoms with E-state index in [4.69, 9.17) is 13.9 Å². The van der Waals surface area contributed by atoms with Crippen molar-refractivity contribution < 1.29 is 27.1 Å². The molecule has 0 N–H and O–H groups in total. The van der Waals surface area contributed by atoms with E-state index >= 15 is 0 Å². The Kier molecular flexibility index (Phi) is 6.14. The topological polar surface area (TPSA) is 112 Å². The van der Waals surface area contributed by atoms with Crippen molar-refractivity contribution in [1.82, 2.24) is 15.1 Å². The van der Waals surface area contributed by atoms with Gasteiger partial charge in [0.2, 0.25) is 11.8 Å². The quantitative estimate of drug-likeness (QED) is 0.607. The Hall–Kier alpha value is -2.27. The average molecular weight is 428 g/mol. The first-order valence-electron chi connectivity index (χ1n) is 8.47. The number of thioether (sulfide) groups is 1. The fourth-order valence-corrected chi connectivity index (χ4v) is 5.33. The molecule has 1 atom stereocenters. The van der Waals surface area contributed by atoms with Crippen molar-refractivity contribution in [2.24, 2.45) is 0 Å². The molecule has 1 unspecified atom stereocenters. The molecule has 0 saturated carbocycles. The van der Waals surface area contributed by atoms with Crippen molar-refractivity contribution in [3.8, 4) is 23.0 Å². The number of hydrogen-bond donors (Lipinski definition) is 0. The molecule has 1 saturated heterocycles. The van der Waals surface area contributed by atoms with E-state index in [-0.39, 0.29) is 34.4 Å². The maximum Gasteiger partial charge on any atom is 0.277 e. The number of aromatic nitrogens is 2. The Bertz CT molecular complexity index is 960. The summed E-state index contributed by atoms with van der Waals surface area (Å²) in [7, 11) is 1.67. The highest BCUT2D eigenvalue weighted by Crippen LogP contribution is 2.32. The van der Waals surface area contributed by atoms with Gasteiger partial charge in [-0.15, -0.1) is 10.2 Å². The molecule has 1 fully saturated rings. The van der Waals surface area contributed by atoms with Gasteiger partial charge in [0.05, 0.1) is 31.5 Å². The second-order valence-electron chi connectivity index (χ2n) is 6.29. The summed E-state index contributed by atoms with van der Waals surface area (Å²) < 4.78 is 39.2. The lowest BCUT2D eigenvalue weighted by atomic mass is 10.2. The molecule has 1 amide bonds. The Morgan fingerprint density at radius 1 is 1.29 bits per heavy atom. The lowest BCUT2D eigenvalue weighted by Gasteiger charge is -2.22. The van der Waals surface area contributed by atoms with E-state index in [1.54, 1.807) is 32.4 Å². The average Bonchev–Trinajstić information content (AvgIpc) is 3.31. The van der Waals surface area contributed by atoms with Gasteiger partial charge >= 0.3 is 0 Å². The molecular weight excluding hydrogens is 406 g/mol. The third kappa shape index (κ3) is 4.58. The van der Waals surface area contributed by atoms with Gasteiger partial charge in [0.25, 0.3) is 5.22 Å². The SMILES string of the molecule is COc1ccc(-c2nnc(SCC(=O)N(C)C3CCS(=O)(=O)C3)o2)cc1OC. The van der Waals surface area contributed by atoms with Gasteiger partial charge in [0, 0.05) is 18.7 Å². The molecule has 152 valence electrons. The van der Waals surface area contributed by atoms with Gasteiger partial charge in [-0.2, -0.15) is 0 Å². The molecule has 9 nitrogen and oxygen atoms in total. The zero-order valence-electron chi connectivity index (χ0n) is 15.7. The number of methoxy groups -OCH3 is 2. The molecule has 3 rings (SSSR count). The monoisotopic (exact) mass is 427 g/mol. The van der Waals surface area contributed by atoms with E-state index in [1.165, 1.54) is 12.0 Å². The molecule has 0 bridgehead atoms. The first kappa shape index (κ1) is 20.5. The Morgan fingerprint density at radius 2 is 2.04 bits per heavy atom. The fourth-order valence-electron chi connectivity index (χ4n) is 2.86. The van der Waals surface area contributed by atoms with E-state index in [1.807, 2.05) is 0 Å². The molecule has 28 heavy (non-hydrogen) atoms. The number of nitrogens with zero attached hydrogens (tertiary/aromatic N) is 3. The number of hydrogen-bond acceptors (Lipinski definition) is 9. The highest BCUT2D eigenvalue weighted by Gasteiger charge is 2.32. The van der Waals surface area contributed by atoms with Crippen LogP contribution in [0.2, 0.25) is 0 Å². The summed E-state index contributed by atoms with van der Waals surface area (Å²) in [6, 6.07) is 4.95. The van der Waals surface area contributed by atoms with Crippen molar-refractivity contribution >= 4 is 27.5 Å². The zero-order chi connectivity index (χ0) is 20.3. The van der Waals surface area contributed by atoms with Crippen LogP contribution >= 0.6 is 11.8 Å². The van der Waals surface area contributed by atoms with Gasteiger partial charge in [0.1, 0.15) is 0 Å². The minimum atomic E-state index is -3.04. The fraction of sp³-hybridized carbons (Fsp3) is 0.471. The summed E-state index contributed by atoms with van der Waals surface area (Å²) in [5.74, 6) is 1.47. The largest absolute Gasteiger partial charge is 0.493 e. The van der Waals surface area contributed by atoms with Crippen LogP contribution in [0, 0.1) is 0 Å². The number of amides is 1. The van der Waals surface area contributed by atoms with Crippen LogP contribution in [0.25, 0.3) is 11.5 Å². The number of benzene rings is 1. The normalized spacial score (nSPS) is 18.0. The highest BCUT2D eigenvalue weighted by molar-refractivity contribution is 7.99. The van der Waals surface area contributed by atoms with Crippen LogP contribution < -0.4 is 9.47 Å². The lowest BCUT2D eigenvalue weighted by Crippen LogP contribution is -2.38. The molecule has 1 aliphatic heterocycles. The minimum absolute atomic E-state index is 0.0178. The van der Waals surface area contributed by atoms with E-state index < -0.39 is 9.84 Å². The summed E-state index contributed by atoms with van der Waals surface area (Å²) in [5, 5.41) is 8.20. The van der Waals surface area contributed by atoms with E-state index in [2.05, 4.69) is 10.2 Å². The van der Waals surface area contributed by atoms with Gasteiger partial charge < -0.3 is 18.8 Å². The first-order valence-corrected chi connectivity index (χ1v) is 11.3. The van der Waals surface area contributed by atoms with Crippen LogP contribution in [0.15, 0.2) is 27.8 Å². The molecule has 2 aromatic rings. The Labute approximate surface area is 167 Å². The smallest absolute Gasteiger partial charge is 0.277 e. The number of ether oxygens (including phenoxy) is 2. The minimum Gasteiger partial charge on any atom is -0.493 e. The second kappa shape index (κ2) is 8.39.